The van der Waals surface area contributed by atoms with Gasteiger partial charge in [-0.3, -0.25) is 4.68 Å². The molecule has 2 heterocycles. The minimum atomic E-state index is -0.355. The van der Waals surface area contributed by atoms with E-state index in [-0.39, 0.29) is 18.2 Å². The van der Waals surface area contributed by atoms with Gasteiger partial charge >= 0.3 is 6.09 Å². The first kappa shape index (κ1) is 9.05. The molecule has 0 saturated carbocycles. The Bertz CT molecular complexity index is 346. The zero-order chi connectivity index (χ0) is 10.1. The lowest BCUT2D eigenvalue weighted by Crippen LogP contribution is -2.14. The van der Waals surface area contributed by atoms with Crippen LogP contribution in [-0.2, 0) is 4.74 Å². The number of carbonyl (C=O) groups is 1. The number of rotatable bonds is 2. The van der Waals surface area contributed by atoms with E-state index in [1.807, 2.05) is 24.6 Å². The van der Waals surface area contributed by atoms with E-state index in [0.29, 0.717) is 6.54 Å². The highest BCUT2D eigenvalue weighted by Gasteiger charge is 2.27. The minimum Gasteiger partial charge on any atom is -0.438 e. The van der Waals surface area contributed by atoms with Gasteiger partial charge in [-0.25, -0.2) is 4.79 Å². The fraction of sp³-hybridized carbons (Fsp3) is 0.556. The van der Waals surface area contributed by atoms with Gasteiger partial charge in [-0.1, -0.05) is 0 Å². The smallest absolute Gasteiger partial charge is 0.408 e. The lowest BCUT2D eigenvalue weighted by molar-refractivity contribution is 0.135. The molecule has 0 aromatic carbocycles. The van der Waals surface area contributed by atoms with E-state index in [2.05, 4.69) is 10.4 Å². The van der Waals surface area contributed by atoms with Crippen molar-refractivity contribution >= 4 is 6.09 Å². The molecule has 1 aromatic heterocycles. The molecule has 2 rings (SSSR count). The van der Waals surface area contributed by atoms with Gasteiger partial charge in [0.25, 0.3) is 0 Å². The molecule has 1 aromatic rings. The zero-order valence-electron chi connectivity index (χ0n) is 8.23. The number of hydrogen-bond acceptors (Lipinski definition) is 3. The van der Waals surface area contributed by atoms with Crippen LogP contribution in [0.25, 0.3) is 0 Å². The van der Waals surface area contributed by atoms with E-state index in [0.717, 1.165) is 5.69 Å². The van der Waals surface area contributed by atoms with Gasteiger partial charge in [-0.15, -0.1) is 0 Å². The van der Waals surface area contributed by atoms with Crippen molar-refractivity contribution in [2.24, 2.45) is 0 Å². The van der Waals surface area contributed by atoms with Gasteiger partial charge in [0.15, 0.2) is 6.10 Å². The number of cyclic esters (lactones) is 1. The Morgan fingerprint density at radius 3 is 3.07 bits per heavy atom. The van der Waals surface area contributed by atoms with E-state index in [1.165, 1.54) is 0 Å². The van der Waals surface area contributed by atoms with Crippen LogP contribution >= 0.6 is 0 Å². The number of nitrogens with zero attached hydrogens (tertiary/aromatic N) is 2. The third kappa shape index (κ3) is 1.45. The molecule has 76 valence electrons. The van der Waals surface area contributed by atoms with Crippen LogP contribution in [0.5, 0.6) is 0 Å². The monoisotopic (exact) mass is 195 g/mol. The Hall–Kier alpha value is -1.52. The lowest BCUT2D eigenvalue weighted by Gasteiger charge is -2.13. The summed E-state index contributed by atoms with van der Waals surface area (Å²) in [7, 11) is 0. The van der Waals surface area contributed by atoms with Crippen molar-refractivity contribution in [1.82, 2.24) is 15.1 Å². The Balaban J connectivity index is 2.23. The van der Waals surface area contributed by atoms with Gasteiger partial charge in [0.1, 0.15) is 0 Å². The zero-order valence-corrected chi connectivity index (χ0v) is 8.23. The second kappa shape index (κ2) is 3.32. The molecule has 0 radical (unpaired) electrons. The molecule has 0 spiro atoms. The maximum Gasteiger partial charge on any atom is 0.408 e. The van der Waals surface area contributed by atoms with Gasteiger partial charge in [0.05, 0.1) is 12.2 Å². The summed E-state index contributed by atoms with van der Waals surface area (Å²) in [5.74, 6) is 0. The molecule has 1 amide bonds. The Morgan fingerprint density at radius 2 is 2.50 bits per heavy atom. The van der Waals surface area contributed by atoms with Crippen molar-refractivity contribution in [3.63, 3.8) is 0 Å². The molecule has 1 saturated heterocycles. The van der Waals surface area contributed by atoms with Crippen LogP contribution in [0.2, 0.25) is 0 Å². The Labute approximate surface area is 82.0 Å². The van der Waals surface area contributed by atoms with Crippen LogP contribution < -0.4 is 5.32 Å². The average Bonchev–Trinajstić information content (AvgIpc) is 2.70. The molecule has 1 aliphatic heterocycles. The highest BCUT2D eigenvalue weighted by molar-refractivity contribution is 5.69. The standard InChI is InChI=1S/C9H13N3O2/c1-6(2)12-7(3-4-11-12)8-5-10-9(13)14-8/h3-4,6,8H,5H2,1-2H3,(H,10,13). The summed E-state index contributed by atoms with van der Waals surface area (Å²) in [4.78, 5) is 10.9. The maximum absolute atomic E-state index is 10.9. The van der Waals surface area contributed by atoms with Crippen molar-refractivity contribution in [3.05, 3.63) is 18.0 Å². The fourth-order valence-corrected chi connectivity index (χ4v) is 1.56. The second-order valence-corrected chi connectivity index (χ2v) is 3.57. The number of ether oxygens (including phenoxy) is 1. The van der Waals surface area contributed by atoms with Crippen molar-refractivity contribution in [3.8, 4) is 0 Å². The van der Waals surface area contributed by atoms with Crippen LogP contribution in [0, 0.1) is 0 Å². The average molecular weight is 195 g/mol. The molecule has 0 bridgehead atoms. The lowest BCUT2D eigenvalue weighted by atomic mass is 10.2. The normalized spacial score (nSPS) is 21.1. The van der Waals surface area contributed by atoms with Crippen molar-refractivity contribution in [2.75, 3.05) is 6.54 Å². The summed E-state index contributed by atoms with van der Waals surface area (Å²) in [5.41, 5.74) is 0.943. The van der Waals surface area contributed by atoms with E-state index in [9.17, 15) is 4.79 Å². The predicted octanol–water partition coefficient (Wildman–Crippen LogP) is 1.24. The third-order valence-electron chi connectivity index (χ3n) is 2.20. The number of alkyl carbamates (subject to hydrolysis) is 1. The number of carbonyl (C=O) groups excluding carboxylic acids is 1. The first-order chi connectivity index (χ1) is 6.68. The van der Waals surface area contributed by atoms with E-state index in [4.69, 9.17) is 4.74 Å². The molecule has 1 atom stereocenters. The number of amides is 1. The first-order valence-corrected chi connectivity index (χ1v) is 4.66. The summed E-state index contributed by atoms with van der Waals surface area (Å²) in [6.45, 7) is 4.61. The molecule has 1 fully saturated rings. The largest absolute Gasteiger partial charge is 0.438 e. The molecular formula is C9H13N3O2. The van der Waals surface area contributed by atoms with Crippen LogP contribution in [0.15, 0.2) is 12.3 Å². The van der Waals surface area contributed by atoms with Gasteiger partial charge in [-0.2, -0.15) is 5.10 Å². The summed E-state index contributed by atoms with van der Waals surface area (Å²) >= 11 is 0. The van der Waals surface area contributed by atoms with Gasteiger partial charge in [-0.05, 0) is 19.9 Å². The first-order valence-electron chi connectivity index (χ1n) is 4.66. The quantitative estimate of drug-likeness (QED) is 0.772. The van der Waals surface area contributed by atoms with Crippen LogP contribution in [0.4, 0.5) is 4.79 Å². The van der Waals surface area contributed by atoms with Gasteiger partial charge < -0.3 is 10.1 Å². The Kier molecular flexibility index (Phi) is 2.15. The molecule has 5 nitrogen and oxygen atoms in total. The molecule has 5 heteroatoms. The Morgan fingerprint density at radius 1 is 1.71 bits per heavy atom. The van der Waals surface area contributed by atoms with Gasteiger partial charge in [0, 0.05) is 12.2 Å². The van der Waals surface area contributed by atoms with Crippen LogP contribution in [-0.4, -0.2) is 22.4 Å². The van der Waals surface area contributed by atoms with Crippen LogP contribution in [0.3, 0.4) is 0 Å². The van der Waals surface area contributed by atoms with Crippen molar-refractivity contribution in [1.29, 1.82) is 0 Å². The van der Waals surface area contributed by atoms with Crippen molar-refractivity contribution < 1.29 is 9.53 Å². The summed E-state index contributed by atoms with van der Waals surface area (Å²) < 4.78 is 6.95. The topological polar surface area (TPSA) is 56.2 Å². The van der Waals surface area contributed by atoms with Crippen LogP contribution in [0.1, 0.15) is 31.7 Å². The number of aromatic nitrogens is 2. The minimum absolute atomic E-state index is 0.201. The summed E-state index contributed by atoms with van der Waals surface area (Å²) in [6.07, 6.45) is 1.17. The molecular weight excluding hydrogens is 182 g/mol. The third-order valence-corrected chi connectivity index (χ3v) is 2.20. The second-order valence-electron chi connectivity index (χ2n) is 3.57. The SMILES string of the molecule is CC(C)n1nccc1C1CNC(=O)O1. The summed E-state index contributed by atoms with van der Waals surface area (Å²) in [5, 5.41) is 6.80. The highest BCUT2D eigenvalue weighted by Crippen LogP contribution is 2.22. The molecule has 1 unspecified atom stereocenters. The van der Waals surface area contributed by atoms with E-state index >= 15 is 0 Å². The predicted molar refractivity (Wildman–Crippen MR) is 49.8 cm³/mol. The molecule has 1 N–H and O–H groups in total. The number of hydrogen-bond donors (Lipinski definition) is 1. The number of nitrogens with one attached hydrogen (secondary N) is 1. The van der Waals surface area contributed by atoms with Crippen molar-refractivity contribution in [2.45, 2.75) is 26.0 Å². The van der Waals surface area contributed by atoms with E-state index in [1.54, 1.807) is 6.20 Å². The maximum atomic E-state index is 10.9. The molecule has 0 aliphatic carbocycles. The fourth-order valence-electron chi connectivity index (χ4n) is 1.56. The molecule has 14 heavy (non-hydrogen) atoms. The summed E-state index contributed by atoms with van der Waals surface area (Å²) in [6, 6.07) is 2.16. The van der Waals surface area contributed by atoms with E-state index < -0.39 is 0 Å². The van der Waals surface area contributed by atoms with Gasteiger partial charge in [0.2, 0.25) is 0 Å². The molecule has 1 aliphatic rings. The highest BCUT2D eigenvalue weighted by atomic mass is 16.6.